The third-order valence-corrected chi connectivity index (χ3v) is 5.11. The van der Waals surface area contributed by atoms with Crippen LogP contribution in [0.1, 0.15) is 18.7 Å². The fraction of sp³-hybridized carbons (Fsp3) is 0.300. The zero-order valence-corrected chi connectivity index (χ0v) is 15.5. The van der Waals surface area contributed by atoms with Gasteiger partial charge in [-0.3, -0.25) is 4.57 Å². The highest BCUT2D eigenvalue weighted by molar-refractivity contribution is 7.71. The number of likely N-dealkylation sites (tertiary alicyclic amines) is 1. The Labute approximate surface area is 158 Å². The van der Waals surface area contributed by atoms with E-state index in [4.69, 9.17) is 22.1 Å². The number of ether oxygens (including phenoxy) is 1. The lowest BCUT2D eigenvalue weighted by Crippen LogP contribution is -3.09. The van der Waals surface area contributed by atoms with Crippen LogP contribution in [0, 0.1) is 4.77 Å². The van der Waals surface area contributed by atoms with Gasteiger partial charge in [-0.1, -0.05) is 36.4 Å². The molecule has 0 bridgehead atoms. The lowest BCUT2D eigenvalue weighted by molar-refractivity contribution is -0.911. The molecule has 1 aliphatic rings. The highest BCUT2D eigenvalue weighted by Crippen LogP contribution is 2.15. The molecule has 0 atom stereocenters. The molecular weight excluding hydrogens is 344 g/mol. The van der Waals surface area contributed by atoms with Gasteiger partial charge in [0.2, 0.25) is 4.77 Å². The van der Waals surface area contributed by atoms with Crippen molar-refractivity contribution in [2.24, 2.45) is 0 Å². The number of quaternary nitrogens is 1. The van der Waals surface area contributed by atoms with Gasteiger partial charge in [0, 0.05) is 18.5 Å². The van der Waals surface area contributed by atoms with Gasteiger partial charge in [0.25, 0.3) is 0 Å². The van der Waals surface area contributed by atoms with Crippen molar-refractivity contribution in [2.75, 3.05) is 13.1 Å². The van der Waals surface area contributed by atoms with Crippen LogP contribution in [0.25, 0.3) is 5.69 Å². The minimum Gasteiger partial charge on any atom is -0.486 e. The number of hydrogen-bond acceptors (Lipinski definition) is 3. The molecule has 0 amide bonds. The molecule has 4 rings (SSSR count). The van der Waals surface area contributed by atoms with Crippen LogP contribution in [-0.2, 0) is 13.3 Å². The van der Waals surface area contributed by atoms with Gasteiger partial charge in [-0.05, 0) is 36.5 Å². The number of rotatable bonds is 6. The van der Waals surface area contributed by atoms with Crippen molar-refractivity contribution in [3.8, 4) is 11.4 Å². The molecule has 2 heterocycles. The third kappa shape index (κ3) is 3.71. The van der Waals surface area contributed by atoms with Crippen LogP contribution in [0.15, 0.2) is 60.7 Å². The normalized spacial score (nSPS) is 14.6. The Morgan fingerprint density at radius 1 is 0.962 bits per heavy atom. The first-order chi connectivity index (χ1) is 12.8. The van der Waals surface area contributed by atoms with Crippen LogP contribution in [0.4, 0.5) is 0 Å². The summed E-state index contributed by atoms with van der Waals surface area (Å²) in [5.74, 6) is 1.65. The second-order valence-electron chi connectivity index (χ2n) is 6.59. The van der Waals surface area contributed by atoms with Gasteiger partial charge in [-0.2, -0.15) is 4.68 Å². The Kier molecular flexibility index (Phi) is 5.13. The monoisotopic (exact) mass is 367 g/mol. The molecule has 26 heavy (non-hydrogen) atoms. The molecule has 1 saturated heterocycles. The SMILES string of the molecule is S=c1n(C[NH+]2CCCC2)nc(COc2ccccc2)n1-c1ccccc1. The smallest absolute Gasteiger partial charge is 0.207 e. The highest BCUT2D eigenvalue weighted by Gasteiger charge is 2.19. The molecule has 6 heteroatoms. The largest absolute Gasteiger partial charge is 0.486 e. The maximum absolute atomic E-state index is 5.94. The standard InChI is InChI=1S/C20H22N4OS/c26-20-23(16-22-13-7-8-14-22)21-19(15-25-18-11-5-2-6-12-18)24(20)17-9-3-1-4-10-17/h1-6,9-12H,7-8,13-16H2/p+1. The topological polar surface area (TPSA) is 36.4 Å². The fourth-order valence-corrected chi connectivity index (χ4v) is 3.71. The van der Waals surface area contributed by atoms with E-state index in [1.165, 1.54) is 30.8 Å². The van der Waals surface area contributed by atoms with Crippen molar-refractivity contribution >= 4 is 12.2 Å². The Hall–Kier alpha value is -2.44. The van der Waals surface area contributed by atoms with Gasteiger partial charge in [0.1, 0.15) is 12.4 Å². The second-order valence-corrected chi connectivity index (χ2v) is 6.95. The summed E-state index contributed by atoms with van der Waals surface area (Å²) in [4.78, 5) is 1.54. The molecule has 0 aliphatic carbocycles. The Bertz CT molecular complexity index is 899. The first-order valence-corrected chi connectivity index (χ1v) is 9.48. The molecule has 0 unspecified atom stereocenters. The Morgan fingerprint density at radius 3 is 2.31 bits per heavy atom. The van der Waals surface area contributed by atoms with Crippen molar-refractivity contribution < 1.29 is 9.64 Å². The summed E-state index contributed by atoms with van der Waals surface area (Å²) < 4.78 is 10.6. The third-order valence-electron chi connectivity index (χ3n) is 4.72. The quantitative estimate of drug-likeness (QED) is 0.681. The van der Waals surface area contributed by atoms with E-state index in [1.54, 1.807) is 0 Å². The molecular formula is C20H23N4OS+. The predicted molar refractivity (Wildman–Crippen MR) is 103 cm³/mol. The van der Waals surface area contributed by atoms with Crippen LogP contribution in [0.2, 0.25) is 0 Å². The van der Waals surface area contributed by atoms with Crippen LogP contribution < -0.4 is 9.64 Å². The van der Waals surface area contributed by atoms with Crippen molar-refractivity contribution in [1.29, 1.82) is 0 Å². The number of benzene rings is 2. The molecule has 1 aromatic heterocycles. The molecule has 1 fully saturated rings. The maximum atomic E-state index is 5.94. The summed E-state index contributed by atoms with van der Waals surface area (Å²) in [5, 5.41) is 4.79. The van der Waals surface area contributed by atoms with Gasteiger partial charge >= 0.3 is 0 Å². The minimum atomic E-state index is 0.380. The number of nitrogens with one attached hydrogen (secondary N) is 1. The van der Waals surface area contributed by atoms with Gasteiger partial charge in [-0.25, -0.2) is 0 Å². The molecule has 2 aromatic carbocycles. The summed E-state index contributed by atoms with van der Waals surface area (Å²) in [6.45, 7) is 3.58. The van der Waals surface area contributed by atoms with Gasteiger partial charge in [0.05, 0.1) is 13.1 Å². The van der Waals surface area contributed by atoms with Crippen LogP contribution in [0.3, 0.4) is 0 Å². The first-order valence-electron chi connectivity index (χ1n) is 9.07. The summed E-state index contributed by atoms with van der Waals surface area (Å²) >= 11 is 5.75. The van der Waals surface area contributed by atoms with Crippen LogP contribution in [-0.4, -0.2) is 27.4 Å². The number of hydrogen-bond donors (Lipinski definition) is 1. The van der Waals surface area contributed by atoms with E-state index in [-0.39, 0.29) is 0 Å². The summed E-state index contributed by atoms with van der Waals surface area (Å²) in [7, 11) is 0. The molecule has 0 saturated carbocycles. The van der Waals surface area contributed by atoms with E-state index in [1.807, 2.05) is 57.8 Å². The van der Waals surface area contributed by atoms with Gasteiger partial charge in [0.15, 0.2) is 12.5 Å². The Morgan fingerprint density at radius 2 is 1.62 bits per heavy atom. The molecule has 1 aliphatic heterocycles. The zero-order chi connectivity index (χ0) is 17.8. The van der Waals surface area contributed by atoms with E-state index < -0.39 is 0 Å². The molecule has 0 spiro atoms. The number of nitrogens with zero attached hydrogens (tertiary/aromatic N) is 3. The fourth-order valence-electron chi connectivity index (χ4n) is 3.40. The van der Waals surface area contributed by atoms with Crippen LogP contribution in [0.5, 0.6) is 5.75 Å². The van der Waals surface area contributed by atoms with E-state index in [0.717, 1.165) is 28.7 Å². The van der Waals surface area contributed by atoms with Gasteiger partial charge in [-0.15, -0.1) is 5.10 Å². The number of para-hydroxylation sites is 2. The van der Waals surface area contributed by atoms with Crippen molar-refractivity contribution in [2.45, 2.75) is 26.1 Å². The first kappa shape index (κ1) is 17.0. The minimum absolute atomic E-state index is 0.380. The van der Waals surface area contributed by atoms with Crippen molar-refractivity contribution in [3.05, 3.63) is 71.3 Å². The molecule has 134 valence electrons. The average molecular weight is 367 g/mol. The van der Waals surface area contributed by atoms with Crippen molar-refractivity contribution in [3.63, 3.8) is 0 Å². The molecule has 5 nitrogen and oxygen atoms in total. The van der Waals surface area contributed by atoms with E-state index >= 15 is 0 Å². The van der Waals surface area contributed by atoms with E-state index in [9.17, 15) is 0 Å². The predicted octanol–water partition coefficient (Wildman–Crippen LogP) is 2.62. The van der Waals surface area contributed by atoms with E-state index in [2.05, 4.69) is 12.1 Å². The maximum Gasteiger partial charge on any atom is 0.207 e. The summed E-state index contributed by atoms with van der Waals surface area (Å²) in [6, 6.07) is 20.0. The number of aromatic nitrogens is 3. The Balaban J connectivity index is 1.65. The lowest BCUT2D eigenvalue weighted by atomic mass is 10.3. The van der Waals surface area contributed by atoms with E-state index in [0.29, 0.717) is 6.61 Å². The second kappa shape index (κ2) is 7.85. The van der Waals surface area contributed by atoms with Crippen LogP contribution >= 0.6 is 12.2 Å². The summed E-state index contributed by atoms with van der Waals surface area (Å²) in [5.41, 5.74) is 1.02. The van der Waals surface area contributed by atoms with Crippen molar-refractivity contribution in [1.82, 2.24) is 14.3 Å². The molecule has 3 aromatic rings. The molecule has 1 N–H and O–H groups in total. The summed E-state index contributed by atoms with van der Waals surface area (Å²) in [6.07, 6.45) is 2.57. The van der Waals surface area contributed by atoms with Gasteiger partial charge < -0.3 is 9.64 Å². The lowest BCUT2D eigenvalue weighted by Gasteiger charge is -2.11. The average Bonchev–Trinajstić information content (AvgIpc) is 3.30. The zero-order valence-electron chi connectivity index (χ0n) is 14.7. The molecule has 0 radical (unpaired) electrons. The highest BCUT2D eigenvalue weighted by atomic mass is 32.1.